The van der Waals surface area contributed by atoms with Crippen molar-refractivity contribution in [3.8, 4) is 12.3 Å². The first kappa shape index (κ1) is 12.1. The van der Waals surface area contributed by atoms with Crippen LogP contribution in [-0.2, 0) is 13.6 Å². The molecule has 1 heterocycles. The van der Waals surface area contributed by atoms with Crippen LogP contribution in [0, 0.1) is 12.3 Å². The van der Waals surface area contributed by atoms with Crippen molar-refractivity contribution in [2.45, 2.75) is 32.4 Å². The van der Waals surface area contributed by atoms with Gasteiger partial charge in [0, 0.05) is 19.5 Å². The molecule has 1 N–H and O–H groups in total. The highest BCUT2D eigenvalue weighted by molar-refractivity contribution is 6.29. The van der Waals surface area contributed by atoms with Crippen molar-refractivity contribution in [3.05, 3.63) is 17.2 Å². The van der Waals surface area contributed by atoms with E-state index in [1.165, 1.54) is 0 Å². The van der Waals surface area contributed by atoms with Gasteiger partial charge >= 0.3 is 0 Å². The second-order valence-corrected chi connectivity index (χ2v) is 3.84. The van der Waals surface area contributed by atoms with E-state index < -0.39 is 0 Å². The molecule has 1 atom stereocenters. The van der Waals surface area contributed by atoms with Crippen LogP contribution in [0.3, 0.4) is 0 Å². The van der Waals surface area contributed by atoms with Crippen molar-refractivity contribution in [1.29, 1.82) is 0 Å². The lowest BCUT2D eigenvalue weighted by atomic mass is 10.1. The molecule has 15 heavy (non-hydrogen) atoms. The molecule has 1 unspecified atom stereocenters. The van der Waals surface area contributed by atoms with E-state index in [9.17, 15) is 0 Å². The average molecular weight is 226 g/mol. The monoisotopic (exact) mass is 225 g/mol. The van der Waals surface area contributed by atoms with Gasteiger partial charge in [-0.3, -0.25) is 0 Å². The van der Waals surface area contributed by atoms with E-state index in [1.807, 2.05) is 11.6 Å². The Labute approximate surface area is 95.8 Å². The lowest BCUT2D eigenvalue weighted by Crippen LogP contribution is -2.28. The Hall–Kier alpha value is -0.980. The number of hydrogen-bond donors (Lipinski definition) is 1. The quantitative estimate of drug-likeness (QED) is 0.777. The molecule has 82 valence electrons. The zero-order valence-electron chi connectivity index (χ0n) is 9.13. The summed E-state index contributed by atoms with van der Waals surface area (Å²) in [5.74, 6) is 3.59. The van der Waals surface area contributed by atoms with Crippen LogP contribution in [0.5, 0.6) is 0 Å². The van der Waals surface area contributed by atoms with Gasteiger partial charge in [-0.05, 0) is 6.42 Å². The van der Waals surface area contributed by atoms with Crippen LogP contribution in [0.1, 0.15) is 25.6 Å². The minimum atomic E-state index is 0.352. The van der Waals surface area contributed by atoms with Gasteiger partial charge in [0.2, 0.25) is 0 Å². The third-order valence-corrected chi connectivity index (χ3v) is 2.78. The second-order valence-electron chi connectivity index (χ2n) is 3.45. The summed E-state index contributed by atoms with van der Waals surface area (Å²) < 4.78 is 1.86. The Balaban J connectivity index is 2.49. The molecule has 3 nitrogen and oxygen atoms in total. The Morgan fingerprint density at radius 1 is 1.73 bits per heavy atom. The van der Waals surface area contributed by atoms with Crippen molar-refractivity contribution in [3.63, 3.8) is 0 Å². The maximum absolute atomic E-state index is 5.88. The van der Waals surface area contributed by atoms with Crippen LogP contribution in [0.25, 0.3) is 0 Å². The molecule has 4 heteroatoms. The maximum atomic E-state index is 5.88. The van der Waals surface area contributed by atoms with Crippen LogP contribution in [0.4, 0.5) is 0 Å². The molecule has 0 amide bonds. The number of nitrogens with zero attached hydrogens (tertiary/aromatic N) is 2. The first-order valence-corrected chi connectivity index (χ1v) is 5.39. The summed E-state index contributed by atoms with van der Waals surface area (Å²) in [7, 11) is 1.90. The minimum Gasteiger partial charge on any atom is -0.321 e. The van der Waals surface area contributed by atoms with E-state index >= 15 is 0 Å². The summed E-state index contributed by atoms with van der Waals surface area (Å²) in [4.78, 5) is 4.20. The number of halogens is 1. The molecule has 1 aromatic heterocycles. The summed E-state index contributed by atoms with van der Waals surface area (Å²) in [5, 5.41) is 4.01. The molecule has 0 aliphatic heterocycles. The van der Waals surface area contributed by atoms with Crippen LogP contribution < -0.4 is 5.32 Å². The summed E-state index contributed by atoms with van der Waals surface area (Å²) in [5.41, 5.74) is 0. The van der Waals surface area contributed by atoms with Gasteiger partial charge in [0.15, 0.2) is 0 Å². The molecule has 0 bridgehead atoms. The molecule has 0 aliphatic carbocycles. The van der Waals surface area contributed by atoms with E-state index in [-0.39, 0.29) is 0 Å². The highest BCUT2D eigenvalue weighted by Gasteiger charge is 2.07. The Kier molecular flexibility index (Phi) is 4.67. The molecule has 1 rings (SSSR count). The topological polar surface area (TPSA) is 29.9 Å². The first-order chi connectivity index (χ1) is 7.19. The Morgan fingerprint density at radius 2 is 2.47 bits per heavy atom. The molecule has 0 radical (unpaired) electrons. The number of rotatable bonds is 5. The van der Waals surface area contributed by atoms with E-state index in [4.69, 9.17) is 18.0 Å². The van der Waals surface area contributed by atoms with Crippen LogP contribution >= 0.6 is 11.6 Å². The fraction of sp³-hybridized carbons (Fsp3) is 0.545. The number of aromatic nitrogens is 2. The van der Waals surface area contributed by atoms with Crippen molar-refractivity contribution >= 4 is 11.6 Å². The summed E-state index contributed by atoms with van der Waals surface area (Å²) in [6, 6.07) is 0.352. The largest absolute Gasteiger partial charge is 0.321 e. The van der Waals surface area contributed by atoms with Gasteiger partial charge in [0.05, 0.1) is 12.7 Å². The molecule has 0 spiro atoms. The molecular formula is C11H16ClN3. The number of imidazole rings is 1. The van der Waals surface area contributed by atoms with Gasteiger partial charge in [-0.2, -0.15) is 0 Å². The van der Waals surface area contributed by atoms with E-state index in [0.717, 1.165) is 18.7 Å². The molecule has 1 aromatic rings. The molecule has 0 aliphatic rings. The summed E-state index contributed by atoms with van der Waals surface area (Å²) in [6.45, 7) is 2.81. The van der Waals surface area contributed by atoms with Gasteiger partial charge in [-0.1, -0.05) is 18.5 Å². The van der Waals surface area contributed by atoms with Crippen LogP contribution in [0.15, 0.2) is 6.20 Å². The molecular weight excluding hydrogens is 210 g/mol. The number of terminal acetylenes is 1. The van der Waals surface area contributed by atoms with E-state index in [0.29, 0.717) is 17.7 Å². The standard InChI is InChI=1S/C11H16ClN3/c1-4-6-9(5-2)13-8-11-14-7-10(12)15(11)3/h1,7,9,13H,5-6,8H2,2-3H3. The van der Waals surface area contributed by atoms with Crippen molar-refractivity contribution < 1.29 is 0 Å². The van der Waals surface area contributed by atoms with Gasteiger partial charge in [0.25, 0.3) is 0 Å². The average Bonchev–Trinajstić information content (AvgIpc) is 2.55. The fourth-order valence-electron chi connectivity index (χ4n) is 1.33. The van der Waals surface area contributed by atoms with E-state index in [1.54, 1.807) is 6.20 Å². The van der Waals surface area contributed by atoms with Gasteiger partial charge in [0.1, 0.15) is 11.0 Å². The molecule has 0 fully saturated rings. The third kappa shape index (κ3) is 3.26. The van der Waals surface area contributed by atoms with Gasteiger partial charge in [-0.25, -0.2) is 4.98 Å². The van der Waals surface area contributed by atoms with Gasteiger partial charge < -0.3 is 9.88 Å². The Morgan fingerprint density at radius 3 is 2.93 bits per heavy atom. The molecule has 0 saturated heterocycles. The maximum Gasteiger partial charge on any atom is 0.128 e. The van der Waals surface area contributed by atoms with Crippen molar-refractivity contribution in [2.75, 3.05) is 0 Å². The van der Waals surface area contributed by atoms with E-state index in [2.05, 4.69) is 23.1 Å². The SMILES string of the molecule is C#CCC(CC)NCc1ncc(Cl)n1C. The minimum absolute atomic E-state index is 0.352. The highest BCUT2D eigenvalue weighted by atomic mass is 35.5. The number of hydrogen-bond acceptors (Lipinski definition) is 2. The third-order valence-electron chi connectivity index (χ3n) is 2.43. The van der Waals surface area contributed by atoms with Crippen molar-refractivity contribution in [2.24, 2.45) is 7.05 Å². The number of nitrogens with one attached hydrogen (secondary N) is 1. The van der Waals surface area contributed by atoms with Crippen LogP contribution in [0.2, 0.25) is 5.15 Å². The zero-order valence-corrected chi connectivity index (χ0v) is 9.88. The first-order valence-electron chi connectivity index (χ1n) is 5.02. The van der Waals surface area contributed by atoms with Crippen LogP contribution in [-0.4, -0.2) is 15.6 Å². The fourth-order valence-corrected chi connectivity index (χ4v) is 1.47. The molecule has 0 saturated carbocycles. The summed E-state index contributed by atoms with van der Waals surface area (Å²) >= 11 is 5.88. The van der Waals surface area contributed by atoms with Crippen molar-refractivity contribution in [1.82, 2.24) is 14.9 Å². The predicted octanol–water partition coefficient (Wildman–Crippen LogP) is 1.96. The smallest absolute Gasteiger partial charge is 0.128 e. The van der Waals surface area contributed by atoms with Gasteiger partial charge in [-0.15, -0.1) is 12.3 Å². The predicted molar refractivity (Wildman–Crippen MR) is 62.6 cm³/mol. The lowest BCUT2D eigenvalue weighted by Gasteiger charge is -2.13. The normalized spacial score (nSPS) is 12.4. The zero-order chi connectivity index (χ0) is 11.3. The highest BCUT2D eigenvalue weighted by Crippen LogP contribution is 2.09. The molecule has 0 aromatic carbocycles. The lowest BCUT2D eigenvalue weighted by molar-refractivity contribution is 0.492. The Bertz CT molecular complexity index is 351. The second kappa shape index (κ2) is 5.79. The summed E-state index contributed by atoms with van der Waals surface area (Å²) in [6.07, 6.45) is 8.69.